The van der Waals surface area contributed by atoms with E-state index < -0.39 is 0 Å². The fraction of sp³-hybridized carbons (Fsp3) is 0.185. The van der Waals surface area contributed by atoms with E-state index in [9.17, 15) is 4.79 Å². The Morgan fingerprint density at radius 3 is 2.48 bits per heavy atom. The van der Waals surface area contributed by atoms with Crippen molar-refractivity contribution in [1.82, 2.24) is 9.78 Å². The summed E-state index contributed by atoms with van der Waals surface area (Å²) in [5.74, 6) is 6.73. The van der Waals surface area contributed by atoms with Crippen LogP contribution in [0, 0.1) is 17.8 Å². The smallest absolute Gasteiger partial charge is 0.340 e. The largest absolute Gasteiger partial charge is 0.465 e. The Morgan fingerprint density at radius 2 is 1.77 bits per heavy atom. The molecule has 4 nitrogen and oxygen atoms in total. The van der Waals surface area contributed by atoms with Gasteiger partial charge in [-0.3, -0.25) is 4.68 Å². The fourth-order valence-electron chi connectivity index (χ4n) is 3.72. The van der Waals surface area contributed by atoms with Crippen molar-refractivity contribution >= 4 is 16.9 Å². The minimum atomic E-state index is -0.368. The van der Waals surface area contributed by atoms with Gasteiger partial charge in [0.25, 0.3) is 0 Å². The molecule has 0 atom stereocenters. The number of carbonyl (C=O) groups excluding carboxylic acids is 1. The molecule has 0 amide bonds. The van der Waals surface area contributed by atoms with Gasteiger partial charge in [-0.25, -0.2) is 4.79 Å². The lowest BCUT2D eigenvalue weighted by Crippen LogP contribution is -2.08. The molecular weight excluding hydrogens is 384 g/mol. The third-order valence-corrected chi connectivity index (χ3v) is 5.59. The molecule has 0 N–H and O–H groups in total. The van der Waals surface area contributed by atoms with Gasteiger partial charge < -0.3 is 4.74 Å². The minimum Gasteiger partial charge on any atom is -0.465 e. The van der Waals surface area contributed by atoms with E-state index in [0.29, 0.717) is 18.0 Å². The Bertz CT molecular complexity index is 1300. The lowest BCUT2D eigenvalue weighted by molar-refractivity contribution is 0.0602. The maximum atomic E-state index is 12.4. The van der Waals surface area contributed by atoms with E-state index in [1.54, 1.807) is 12.3 Å². The van der Waals surface area contributed by atoms with Crippen LogP contribution in [0.3, 0.4) is 0 Å². The van der Waals surface area contributed by atoms with Crippen LogP contribution in [0.1, 0.15) is 34.3 Å². The highest BCUT2D eigenvalue weighted by atomic mass is 16.5. The summed E-state index contributed by atoms with van der Waals surface area (Å²) in [6.07, 6.45) is 4.15. The summed E-state index contributed by atoms with van der Waals surface area (Å²) in [5.41, 5.74) is 5.64. The molecule has 1 aromatic heterocycles. The number of aromatic nitrogens is 2. The van der Waals surface area contributed by atoms with E-state index >= 15 is 0 Å². The van der Waals surface area contributed by atoms with Crippen LogP contribution in [0.4, 0.5) is 0 Å². The maximum Gasteiger partial charge on any atom is 0.340 e. The number of fused-ring (bicyclic) bond motifs is 1. The highest BCUT2D eigenvalue weighted by Crippen LogP contribution is 2.29. The molecule has 3 aromatic carbocycles. The van der Waals surface area contributed by atoms with Gasteiger partial charge >= 0.3 is 5.97 Å². The standard InChI is InChI=1S/C27H22N2O2/c1-31-27(30)24-16-15-23(14-9-19-7-8-19)25-17-28-29(26(24)25)18-20-10-12-22(13-11-20)21-5-3-2-4-6-21/h2-6,10-13,15-17,19H,7-8,18H2,1H3. The Morgan fingerprint density at radius 1 is 1.03 bits per heavy atom. The van der Waals surface area contributed by atoms with Crippen molar-refractivity contribution in [1.29, 1.82) is 0 Å². The number of rotatable bonds is 4. The molecule has 0 unspecified atom stereocenters. The summed E-state index contributed by atoms with van der Waals surface area (Å²) >= 11 is 0. The Hall–Kier alpha value is -3.84. The average Bonchev–Trinajstić information content (AvgIpc) is 3.57. The summed E-state index contributed by atoms with van der Waals surface area (Å²) in [6, 6.07) is 22.4. The van der Waals surface area contributed by atoms with Crippen LogP contribution >= 0.6 is 0 Å². The van der Waals surface area contributed by atoms with Gasteiger partial charge in [-0.2, -0.15) is 5.10 Å². The Balaban J connectivity index is 1.51. The average molecular weight is 406 g/mol. The van der Waals surface area contributed by atoms with Gasteiger partial charge in [-0.05, 0) is 41.7 Å². The number of methoxy groups -OCH3 is 1. The molecule has 1 saturated carbocycles. The first kappa shape index (κ1) is 19.1. The molecule has 1 fully saturated rings. The number of benzene rings is 3. The second kappa shape index (κ2) is 8.12. The quantitative estimate of drug-likeness (QED) is 0.341. The Kier molecular flexibility index (Phi) is 5.01. The topological polar surface area (TPSA) is 44.1 Å². The first-order chi connectivity index (χ1) is 15.2. The number of carbonyl (C=O) groups is 1. The highest BCUT2D eigenvalue weighted by Gasteiger charge is 2.20. The summed E-state index contributed by atoms with van der Waals surface area (Å²) in [4.78, 5) is 12.4. The van der Waals surface area contributed by atoms with E-state index in [2.05, 4.69) is 53.3 Å². The van der Waals surface area contributed by atoms with Crippen LogP contribution in [0.15, 0.2) is 72.9 Å². The minimum absolute atomic E-state index is 0.368. The van der Waals surface area contributed by atoms with E-state index in [1.807, 2.05) is 28.9 Å². The van der Waals surface area contributed by atoms with E-state index in [1.165, 1.54) is 31.1 Å². The zero-order chi connectivity index (χ0) is 21.2. The van der Waals surface area contributed by atoms with E-state index in [0.717, 1.165) is 22.0 Å². The first-order valence-corrected chi connectivity index (χ1v) is 10.5. The molecule has 0 spiro atoms. The molecule has 0 saturated heterocycles. The number of esters is 1. The molecule has 4 aromatic rings. The summed E-state index contributed by atoms with van der Waals surface area (Å²) in [5, 5.41) is 5.48. The van der Waals surface area contributed by atoms with Crippen LogP contribution < -0.4 is 0 Å². The predicted octanol–water partition coefficient (Wildman–Crippen LogP) is 5.30. The van der Waals surface area contributed by atoms with Gasteiger partial charge in [0.1, 0.15) is 0 Å². The van der Waals surface area contributed by atoms with Crippen molar-refractivity contribution in [3.05, 3.63) is 89.6 Å². The lowest BCUT2D eigenvalue weighted by Gasteiger charge is -2.09. The van der Waals surface area contributed by atoms with Gasteiger partial charge in [-0.15, -0.1) is 0 Å². The van der Waals surface area contributed by atoms with Crippen molar-refractivity contribution in [3.63, 3.8) is 0 Å². The lowest BCUT2D eigenvalue weighted by atomic mass is 10.0. The number of ether oxygens (including phenoxy) is 1. The molecule has 1 aliphatic rings. The third kappa shape index (κ3) is 3.95. The monoisotopic (exact) mass is 406 g/mol. The molecule has 152 valence electrons. The highest BCUT2D eigenvalue weighted by molar-refractivity contribution is 6.04. The van der Waals surface area contributed by atoms with Gasteiger partial charge in [-0.1, -0.05) is 66.4 Å². The molecule has 0 bridgehead atoms. The number of hydrogen-bond donors (Lipinski definition) is 0. The molecule has 0 aliphatic heterocycles. The molecule has 1 heterocycles. The van der Waals surface area contributed by atoms with Crippen LogP contribution in [-0.4, -0.2) is 22.9 Å². The zero-order valence-corrected chi connectivity index (χ0v) is 17.3. The van der Waals surface area contributed by atoms with Crippen LogP contribution in [0.5, 0.6) is 0 Å². The van der Waals surface area contributed by atoms with Gasteiger partial charge in [0.2, 0.25) is 0 Å². The van der Waals surface area contributed by atoms with Crippen molar-refractivity contribution in [2.75, 3.05) is 7.11 Å². The van der Waals surface area contributed by atoms with Gasteiger partial charge in [0.15, 0.2) is 0 Å². The second-order valence-electron chi connectivity index (χ2n) is 7.82. The van der Waals surface area contributed by atoms with Crippen molar-refractivity contribution < 1.29 is 9.53 Å². The van der Waals surface area contributed by atoms with Crippen LogP contribution in [-0.2, 0) is 11.3 Å². The predicted molar refractivity (Wildman–Crippen MR) is 122 cm³/mol. The normalized spacial score (nSPS) is 12.9. The molecular formula is C27H22N2O2. The molecule has 1 aliphatic carbocycles. The first-order valence-electron chi connectivity index (χ1n) is 10.5. The van der Waals surface area contributed by atoms with Gasteiger partial charge in [0.05, 0.1) is 30.9 Å². The molecule has 0 radical (unpaired) electrons. The third-order valence-electron chi connectivity index (χ3n) is 5.59. The summed E-state index contributed by atoms with van der Waals surface area (Å²) in [6.45, 7) is 0.558. The van der Waals surface area contributed by atoms with Crippen molar-refractivity contribution in [3.8, 4) is 23.0 Å². The molecule has 5 rings (SSSR count). The Labute approximate surface area is 181 Å². The van der Waals surface area contributed by atoms with Crippen molar-refractivity contribution in [2.24, 2.45) is 5.92 Å². The van der Waals surface area contributed by atoms with Crippen LogP contribution in [0.2, 0.25) is 0 Å². The van der Waals surface area contributed by atoms with Crippen LogP contribution in [0.25, 0.3) is 22.0 Å². The fourth-order valence-corrected chi connectivity index (χ4v) is 3.72. The summed E-state index contributed by atoms with van der Waals surface area (Å²) in [7, 11) is 1.40. The summed E-state index contributed by atoms with van der Waals surface area (Å²) < 4.78 is 6.88. The van der Waals surface area contributed by atoms with E-state index in [4.69, 9.17) is 4.74 Å². The molecule has 31 heavy (non-hydrogen) atoms. The van der Waals surface area contributed by atoms with Gasteiger partial charge in [0, 0.05) is 16.9 Å². The molecule has 4 heteroatoms. The second-order valence-corrected chi connectivity index (χ2v) is 7.82. The number of nitrogens with zero attached hydrogens (tertiary/aromatic N) is 2. The number of hydrogen-bond acceptors (Lipinski definition) is 3. The zero-order valence-electron chi connectivity index (χ0n) is 17.3. The SMILES string of the molecule is COC(=O)c1ccc(C#CC2CC2)c2cnn(Cc3ccc(-c4ccccc4)cc3)c12. The van der Waals surface area contributed by atoms with E-state index in [-0.39, 0.29) is 5.97 Å². The maximum absolute atomic E-state index is 12.4. The van der Waals surface area contributed by atoms with Crippen molar-refractivity contribution in [2.45, 2.75) is 19.4 Å².